The fraction of sp³-hybridized carbons (Fsp3) is 0.846. The lowest BCUT2D eigenvalue weighted by atomic mass is 9.97. The number of carboxylic acids is 1. The van der Waals surface area contributed by atoms with Gasteiger partial charge in [-0.3, -0.25) is 14.5 Å². The number of rotatable bonds is 4. The summed E-state index contributed by atoms with van der Waals surface area (Å²) in [4.78, 5) is 24.8. The monoisotopic (exact) mass is 318 g/mol. The Hall–Kier alpha value is -1.15. The van der Waals surface area contributed by atoms with Crippen molar-refractivity contribution in [1.29, 1.82) is 0 Å². The molecule has 0 aromatic heterocycles. The van der Waals surface area contributed by atoms with Gasteiger partial charge in [0.15, 0.2) is 9.84 Å². The number of carbonyl (C=O) groups is 2. The van der Waals surface area contributed by atoms with Gasteiger partial charge in [-0.05, 0) is 39.3 Å². The minimum absolute atomic E-state index is 0.00711. The number of aliphatic carboxylic acids is 1. The zero-order chi connectivity index (χ0) is 15.7. The van der Waals surface area contributed by atoms with Crippen molar-refractivity contribution in [3.8, 4) is 0 Å². The van der Waals surface area contributed by atoms with E-state index in [9.17, 15) is 18.0 Å². The van der Waals surface area contributed by atoms with Crippen molar-refractivity contribution >= 4 is 21.7 Å². The zero-order valence-corrected chi connectivity index (χ0v) is 13.0. The second kappa shape index (κ2) is 5.92. The van der Waals surface area contributed by atoms with Crippen molar-refractivity contribution in [3.63, 3.8) is 0 Å². The van der Waals surface area contributed by atoms with Gasteiger partial charge in [0.05, 0.1) is 29.5 Å². The van der Waals surface area contributed by atoms with E-state index in [2.05, 4.69) is 5.32 Å². The van der Waals surface area contributed by atoms with Gasteiger partial charge in [0.1, 0.15) is 0 Å². The van der Waals surface area contributed by atoms with E-state index in [0.717, 1.165) is 0 Å². The molecule has 2 aliphatic heterocycles. The van der Waals surface area contributed by atoms with E-state index in [1.165, 1.54) is 0 Å². The van der Waals surface area contributed by atoms with Gasteiger partial charge in [-0.1, -0.05) is 0 Å². The highest BCUT2D eigenvalue weighted by molar-refractivity contribution is 7.91. The summed E-state index contributed by atoms with van der Waals surface area (Å²) in [5.41, 5.74) is -0.671. The quantitative estimate of drug-likeness (QED) is 0.722. The van der Waals surface area contributed by atoms with Gasteiger partial charge in [0.2, 0.25) is 5.91 Å². The molecule has 0 aliphatic carbocycles. The molecule has 0 aromatic carbocycles. The first kappa shape index (κ1) is 16.2. The molecule has 1 amide bonds. The van der Waals surface area contributed by atoms with Crippen LogP contribution in [-0.2, 0) is 19.4 Å². The van der Waals surface area contributed by atoms with Crippen LogP contribution in [-0.4, -0.2) is 67.0 Å². The number of nitrogens with zero attached hydrogens (tertiary/aromatic N) is 1. The molecular weight excluding hydrogens is 296 g/mol. The molecule has 0 radical (unpaired) electrons. The van der Waals surface area contributed by atoms with Crippen LogP contribution in [0.5, 0.6) is 0 Å². The van der Waals surface area contributed by atoms with Crippen molar-refractivity contribution in [2.24, 2.45) is 5.92 Å². The van der Waals surface area contributed by atoms with E-state index < -0.39 is 21.3 Å². The molecule has 0 spiro atoms. The second-order valence-corrected chi connectivity index (χ2v) is 8.52. The lowest BCUT2D eigenvalue weighted by Crippen LogP contribution is -2.51. The van der Waals surface area contributed by atoms with Crippen LogP contribution in [0.2, 0.25) is 0 Å². The minimum Gasteiger partial charge on any atom is -0.481 e. The Kier molecular flexibility index (Phi) is 4.57. The molecule has 2 heterocycles. The van der Waals surface area contributed by atoms with E-state index in [1.807, 2.05) is 4.90 Å². The molecule has 7 nitrogen and oxygen atoms in total. The van der Waals surface area contributed by atoms with Gasteiger partial charge in [0, 0.05) is 0 Å². The lowest BCUT2D eigenvalue weighted by molar-refractivity contribution is -0.143. The van der Waals surface area contributed by atoms with E-state index in [4.69, 9.17) is 5.11 Å². The normalized spacial score (nSPS) is 30.1. The van der Waals surface area contributed by atoms with E-state index in [-0.39, 0.29) is 29.9 Å². The van der Waals surface area contributed by atoms with E-state index >= 15 is 0 Å². The van der Waals surface area contributed by atoms with Crippen LogP contribution in [0.4, 0.5) is 0 Å². The molecular formula is C13H22N2O5S. The third kappa shape index (κ3) is 4.41. The first-order valence-electron chi connectivity index (χ1n) is 7.16. The molecule has 2 aliphatic rings. The molecule has 2 saturated heterocycles. The largest absolute Gasteiger partial charge is 0.481 e. The van der Waals surface area contributed by atoms with E-state index in [0.29, 0.717) is 32.4 Å². The molecule has 21 heavy (non-hydrogen) atoms. The standard InChI is InChI=1S/C13H22N2O5S/c1-13(4-7-21(19,20)9-13)14-11(16)8-15-5-2-10(3-6-15)12(17)18/h10H,2-9H2,1H3,(H,14,16)(H,17,18). The van der Waals surface area contributed by atoms with Crippen LogP contribution in [0.1, 0.15) is 26.2 Å². The fourth-order valence-electron chi connectivity index (χ4n) is 3.03. The number of hydrogen-bond donors (Lipinski definition) is 2. The number of nitrogens with one attached hydrogen (secondary N) is 1. The van der Waals surface area contributed by atoms with Gasteiger partial charge in [-0.25, -0.2) is 8.42 Å². The predicted molar refractivity (Wildman–Crippen MR) is 76.6 cm³/mol. The maximum Gasteiger partial charge on any atom is 0.306 e. The first-order valence-corrected chi connectivity index (χ1v) is 8.98. The second-order valence-electron chi connectivity index (χ2n) is 6.34. The van der Waals surface area contributed by atoms with Gasteiger partial charge in [0.25, 0.3) is 0 Å². The van der Waals surface area contributed by atoms with Gasteiger partial charge in [-0.2, -0.15) is 0 Å². The third-order valence-electron chi connectivity index (χ3n) is 4.25. The highest BCUT2D eigenvalue weighted by atomic mass is 32.2. The Bertz CT molecular complexity index is 525. The molecule has 1 atom stereocenters. The number of hydrogen-bond acceptors (Lipinski definition) is 5. The summed E-state index contributed by atoms with van der Waals surface area (Å²) < 4.78 is 23.0. The van der Waals surface area contributed by atoms with Crippen molar-refractivity contribution in [3.05, 3.63) is 0 Å². The molecule has 0 bridgehead atoms. The Morgan fingerprint density at radius 3 is 2.43 bits per heavy atom. The lowest BCUT2D eigenvalue weighted by Gasteiger charge is -2.31. The summed E-state index contributed by atoms with van der Waals surface area (Å²) in [7, 11) is -3.04. The number of sulfone groups is 1. The number of piperidine rings is 1. The van der Waals surface area contributed by atoms with Gasteiger partial charge in [-0.15, -0.1) is 0 Å². The Labute approximate surface area is 124 Å². The molecule has 8 heteroatoms. The SMILES string of the molecule is CC1(NC(=O)CN2CCC(C(=O)O)CC2)CCS(=O)(=O)C1. The van der Waals surface area contributed by atoms with Gasteiger partial charge >= 0.3 is 5.97 Å². The third-order valence-corrected chi connectivity index (χ3v) is 6.15. The van der Waals surface area contributed by atoms with Crippen molar-refractivity contribution < 1.29 is 23.1 Å². The summed E-state index contributed by atoms with van der Waals surface area (Å²) in [5.74, 6) is -1.17. The van der Waals surface area contributed by atoms with Crippen LogP contribution in [0, 0.1) is 5.92 Å². The molecule has 2 rings (SSSR count). The van der Waals surface area contributed by atoms with Crippen molar-refractivity contribution in [2.45, 2.75) is 31.7 Å². The Morgan fingerprint density at radius 2 is 1.95 bits per heavy atom. The predicted octanol–water partition coefficient (Wildman–Crippen LogP) is -0.524. The molecule has 120 valence electrons. The summed E-state index contributed by atoms with van der Waals surface area (Å²) in [6, 6.07) is 0. The molecule has 0 saturated carbocycles. The van der Waals surface area contributed by atoms with E-state index in [1.54, 1.807) is 6.92 Å². The number of amides is 1. The summed E-state index contributed by atoms with van der Waals surface area (Å²) >= 11 is 0. The topological polar surface area (TPSA) is 104 Å². The summed E-state index contributed by atoms with van der Waals surface area (Å²) in [6.45, 7) is 3.12. The fourth-order valence-corrected chi connectivity index (χ4v) is 5.12. The highest BCUT2D eigenvalue weighted by Crippen LogP contribution is 2.23. The van der Waals surface area contributed by atoms with Crippen molar-refractivity contribution in [1.82, 2.24) is 10.2 Å². The molecule has 2 N–H and O–H groups in total. The Morgan fingerprint density at radius 1 is 1.33 bits per heavy atom. The number of carbonyl (C=O) groups excluding carboxylic acids is 1. The van der Waals surface area contributed by atoms with Crippen LogP contribution < -0.4 is 5.32 Å². The van der Waals surface area contributed by atoms with Crippen LogP contribution in [0.3, 0.4) is 0 Å². The average Bonchev–Trinajstić information content (AvgIpc) is 2.63. The molecule has 0 aromatic rings. The summed E-state index contributed by atoms with van der Waals surface area (Å²) in [5, 5.41) is 11.7. The molecule has 2 fully saturated rings. The maximum absolute atomic E-state index is 12.0. The van der Waals surface area contributed by atoms with Crippen molar-refractivity contribution in [2.75, 3.05) is 31.1 Å². The maximum atomic E-state index is 12.0. The molecule has 1 unspecified atom stereocenters. The Balaban J connectivity index is 1.80. The van der Waals surface area contributed by atoms with Crippen LogP contribution in [0.25, 0.3) is 0 Å². The minimum atomic E-state index is -3.04. The number of likely N-dealkylation sites (tertiary alicyclic amines) is 1. The first-order chi connectivity index (χ1) is 9.69. The summed E-state index contributed by atoms with van der Waals surface area (Å²) in [6.07, 6.45) is 1.55. The smallest absolute Gasteiger partial charge is 0.306 e. The average molecular weight is 318 g/mol. The number of carboxylic acid groups (broad SMARTS) is 1. The van der Waals surface area contributed by atoms with Crippen LogP contribution >= 0.6 is 0 Å². The highest BCUT2D eigenvalue weighted by Gasteiger charge is 2.39. The van der Waals surface area contributed by atoms with Gasteiger partial charge < -0.3 is 10.4 Å². The zero-order valence-electron chi connectivity index (χ0n) is 12.2. The van der Waals surface area contributed by atoms with Crippen LogP contribution in [0.15, 0.2) is 0 Å².